The van der Waals surface area contributed by atoms with Crippen LogP contribution in [0.3, 0.4) is 0 Å². The monoisotopic (exact) mass is 255 g/mol. The second kappa shape index (κ2) is 4.49. The summed E-state index contributed by atoms with van der Waals surface area (Å²) in [4.78, 5) is 14.1. The fraction of sp³-hybridized carbons (Fsp3) is 0.545. The molecule has 0 unspecified atom stereocenters. The van der Waals surface area contributed by atoms with Crippen LogP contribution >= 0.6 is 11.6 Å². The predicted molar refractivity (Wildman–Crippen MR) is 66.4 cm³/mol. The quantitative estimate of drug-likeness (QED) is 0.661. The van der Waals surface area contributed by atoms with E-state index in [9.17, 15) is 10.1 Å². The van der Waals surface area contributed by atoms with E-state index in [0.29, 0.717) is 10.8 Å². The summed E-state index contributed by atoms with van der Waals surface area (Å²) < 4.78 is 0. The van der Waals surface area contributed by atoms with Gasteiger partial charge in [0, 0.05) is 11.6 Å². The molecule has 0 aromatic carbocycles. The minimum atomic E-state index is -0.498. The summed E-state index contributed by atoms with van der Waals surface area (Å²) in [5, 5.41) is 14.2. The van der Waals surface area contributed by atoms with Crippen LogP contribution < -0.4 is 5.32 Å². The molecule has 2 rings (SSSR count). The van der Waals surface area contributed by atoms with Crippen LogP contribution in [0.15, 0.2) is 12.3 Å². The van der Waals surface area contributed by atoms with E-state index in [1.165, 1.54) is 18.7 Å². The van der Waals surface area contributed by atoms with Crippen molar-refractivity contribution in [1.82, 2.24) is 4.98 Å². The maximum Gasteiger partial charge on any atom is 0.289 e. The number of rotatable bonds is 4. The molecule has 0 amide bonds. The molecule has 0 atom stereocenters. The zero-order valence-electron chi connectivity index (χ0n) is 9.57. The minimum Gasteiger partial charge on any atom is -0.363 e. The molecule has 0 saturated heterocycles. The molecule has 0 radical (unpaired) electrons. The highest BCUT2D eigenvalue weighted by molar-refractivity contribution is 6.33. The Morgan fingerprint density at radius 2 is 2.35 bits per heavy atom. The van der Waals surface area contributed by atoms with Crippen LogP contribution in [-0.4, -0.2) is 15.4 Å². The number of hydrogen-bond donors (Lipinski definition) is 1. The molecule has 5 nitrogen and oxygen atoms in total. The van der Waals surface area contributed by atoms with E-state index in [1.54, 1.807) is 0 Å². The van der Waals surface area contributed by atoms with Crippen molar-refractivity contribution in [2.45, 2.75) is 38.1 Å². The molecule has 17 heavy (non-hydrogen) atoms. The fourth-order valence-electron chi connectivity index (χ4n) is 2.04. The third kappa shape index (κ3) is 2.34. The first-order valence-corrected chi connectivity index (χ1v) is 6.02. The van der Waals surface area contributed by atoms with Crippen LogP contribution in [0, 0.1) is 10.1 Å². The van der Waals surface area contributed by atoms with E-state index < -0.39 is 4.92 Å². The summed E-state index contributed by atoms with van der Waals surface area (Å²) >= 11 is 5.99. The Morgan fingerprint density at radius 3 is 2.76 bits per heavy atom. The Bertz CT molecular complexity index is 441. The highest BCUT2D eigenvalue weighted by atomic mass is 35.5. The highest BCUT2D eigenvalue weighted by Gasteiger charge is 2.35. The van der Waals surface area contributed by atoms with E-state index in [0.717, 1.165) is 19.3 Å². The first-order valence-electron chi connectivity index (χ1n) is 5.64. The minimum absolute atomic E-state index is 0.0762. The standard InChI is InChI=1S/C11H14ClN3O2/c1-2-11(4-3-5-11)14-10-9(12)6-8(7-13-10)15(16)17/h6-7H,2-5H2,1H3,(H,13,14). The maximum absolute atomic E-state index is 10.6. The third-order valence-corrected chi connectivity index (χ3v) is 3.70. The first-order chi connectivity index (χ1) is 8.06. The van der Waals surface area contributed by atoms with E-state index in [-0.39, 0.29) is 11.2 Å². The van der Waals surface area contributed by atoms with E-state index in [2.05, 4.69) is 17.2 Å². The van der Waals surface area contributed by atoms with Crippen molar-refractivity contribution in [3.8, 4) is 0 Å². The number of nitro groups is 1. The summed E-state index contributed by atoms with van der Waals surface area (Å²) in [6.45, 7) is 2.12. The zero-order valence-corrected chi connectivity index (χ0v) is 10.3. The van der Waals surface area contributed by atoms with Gasteiger partial charge in [0.1, 0.15) is 12.0 Å². The molecule has 1 aliphatic carbocycles. The molecule has 1 aromatic rings. The number of nitrogens with one attached hydrogen (secondary N) is 1. The van der Waals surface area contributed by atoms with Crippen LogP contribution in [0.5, 0.6) is 0 Å². The highest BCUT2D eigenvalue weighted by Crippen LogP contribution is 2.39. The molecule has 1 aromatic heterocycles. The lowest BCUT2D eigenvalue weighted by Gasteiger charge is -2.42. The average molecular weight is 256 g/mol. The number of halogens is 1. The number of nitrogens with zero attached hydrogens (tertiary/aromatic N) is 2. The van der Waals surface area contributed by atoms with Gasteiger partial charge in [0.15, 0.2) is 0 Å². The lowest BCUT2D eigenvalue weighted by molar-refractivity contribution is -0.385. The van der Waals surface area contributed by atoms with Crippen LogP contribution in [0.2, 0.25) is 5.02 Å². The molecule has 1 aliphatic rings. The SMILES string of the molecule is CCC1(Nc2ncc([N+](=O)[O-])cc2Cl)CCC1. The van der Waals surface area contributed by atoms with Gasteiger partial charge < -0.3 is 5.32 Å². The van der Waals surface area contributed by atoms with Gasteiger partial charge in [0.05, 0.1) is 9.95 Å². The summed E-state index contributed by atoms with van der Waals surface area (Å²) in [7, 11) is 0. The van der Waals surface area contributed by atoms with Crippen LogP contribution in [0.25, 0.3) is 0 Å². The summed E-state index contributed by atoms with van der Waals surface area (Å²) in [6, 6.07) is 1.33. The van der Waals surface area contributed by atoms with Gasteiger partial charge in [-0.1, -0.05) is 18.5 Å². The molecule has 0 aliphatic heterocycles. The second-order valence-corrected chi connectivity index (χ2v) is 4.80. The van der Waals surface area contributed by atoms with E-state index in [1.807, 2.05) is 0 Å². The van der Waals surface area contributed by atoms with E-state index in [4.69, 9.17) is 11.6 Å². The first kappa shape index (κ1) is 12.1. The van der Waals surface area contributed by atoms with Crippen LogP contribution in [0.4, 0.5) is 11.5 Å². The molecule has 1 fully saturated rings. The van der Waals surface area contributed by atoms with Gasteiger partial charge in [-0.25, -0.2) is 4.98 Å². The molecule has 0 spiro atoms. The lowest BCUT2D eigenvalue weighted by Crippen LogP contribution is -2.44. The van der Waals surface area contributed by atoms with Crippen molar-refractivity contribution >= 4 is 23.1 Å². The van der Waals surface area contributed by atoms with Crippen molar-refractivity contribution in [2.75, 3.05) is 5.32 Å². The number of anilines is 1. The zero-order chi connectivity index (χ0) is 12.5. The van der Waals surface area contributed by atoms with E-state index >= 15 is 0 Å². The molecule has 0 bridgehead atoms. The van der Waals surface area contributed by atoms with Gasteiger partial charge in [0.25, 0.3) is 5.69 Å². The lowest BCUT2D eigenvalue weighted by atomic mass is 9.75. The smallest absolute Gasteiger partial charge is 0.289 e. The Morgan fingerprint density at radius 1 is 1.65 bits per heavy atom. The molecule has 1 N–H and O–H groups in total. The second-order valence-electron chi connectivity index (χ2n) is 4.39. The third-order valence-electron chi connectivity index (χ3n) is 3.41. The molecule has 1 heterocycles. The molecule has 92 valence electrons. The van der Waals surface area contributed by atoms with Crippen molar-refractivity contribution in [3.05, 3.63) is 27.4 Å². The summed E-state index contributed by atoms with van der Waals surface area (Å²) in [5.41, 5.74) is -0.00744. The van der Waals surface area contributed by atoms with Gasteiger partial charge in [-0.05, 0) is 25.7 Å². The summed E-state index contributed by atoms with van der Waals surface area (Å²) in [5.74, 6) is 0.541. The molecule has 6 heteroatoms. The molecular weight excluding hydrogens is 242 g/mol. The predicted octanol–water partition coefficient (Wildman–Crippen LogP) is 3.39. The average Bonchev–Trinajstić information content (AvgIpc) is 2.25. The van der Waals surface area contributed by atoms with Crippen molar-refractivity contribution in [3.63, 3.8) is 0 Å². The number of hydrogen-bond acceptors (Lipinski definition) is 4. The maximum atomic E-state index is 10.6. The van der Waals surface area contributed by atoms with Gasteiger partial charge in [-0.3, -0.25) is 10.1 Å². The Labute approximate surface area is 104 Å². The Kier molecular flexibility index (Phi) is 3.19. The van der Waals surface area contributed by atoms with Gasteiger partial charge in [-0.15, -0.1) is 0 Å². The van der Waals surface area contributed by atoms with Gasteiger partial charge in [-0.2, -0.15) is 0 Å². The largest absolute Gasteiger partial charge is 0.363 e. The Hall–Kier alpha value is -1.36. The molecular formula is C11H14ClN3O2. The van der Waals surface area contributed by atoms with Crippen molar-refractivity contribution < 1.29 is 4.92 Å². The van der Waals surface area contributed by atoms with Crippen molar-refractivity contribution in [2.24, 2.45) is 0 Å². The van der Waals surface area contributed by atoms with Crippen LogP contribution in [-0.2, 0) is 0 Å². The van der Waals surface area contributed by atoms with Gasteiger partial charge >= 0.3 is 0 Å². The normalized spacial score (nSPS) is 17.3. The number of pyridine rings is 1. The topological polar surface area (TPSA) is 68.1 Å². The fourth-order valence-corrected chi connectivity index (χ4v) is 2.25. The Balaban J connectivity index is 2.19. The summed E-state index contributed by atoms with van der Waals surface area (Å²) in [6.07, 6.45) is 5.63. The van der Waals surface area contributed by atoms with Crippen LogP contribution in [0.1, 0.15) is 32.6 Å². The van der Waals surface area contributed by atoms with Crippen molar-refractivity contribution in [1.29, 1.82) is 0 Å². The number of aromatic nitrogens is 1. The molecule has 1 saturated carbocycles. The van der Waals surface area contributed by atoms with Gasteiger partial charge in [0.2, 0.25) is 0 Å².